The van der Waals surface area contributed by atoms with Crippen LogP contribution in [0.4, 0.5) is 15.9 Å². The van der Waals surface area contributed by atoms with E-state index in [-0.39, 0.29) is 11.6 Å². The third kappa shape index (κ3) is 2.15. The highest BCUT2D eigenvalue weighted by Gasteiger charge is 2.11. The predicted molar refractivity (Wildman–Crippen MR) is 68.3 cm³/mol. The van der Waals surface area contributed by atoms with Crippen molar-refractivity contribution in [2.24, 2.45) is 10.2 Å². The lowest BCUT2D eigenvalue weighted by Gasteiger charge is -1.92. The second-order valence-electron chi connectivity index (χ2n) is 3.90. The van der Waals surface area contributed by atoms with Gasteiger partial charge in [-0.2, -0.15) is 0 Å². The third-order valence-corrected chi connectivity index (χ3v) is 2.62. The number of benzene rings is 1. The van der Waals surface area contributed by atoms with Crippen LogP contribution in [0, 0.1) is 5.82 Å². The minimum atomic E-state index is -0.402. The Labute approximate surface area is 107 Å². The van der Waals surface area contributed by atoms with E-state index in [2.05, 4.69) is 20.2 Å². The number of pyridine rings is 1. The summed E-state index contributed by atoms with van der Waals surface area (Å²) in [6.45, 7) is 0. The summed E-state index contributed by atoms with van der Waals surface area (Å²) < 4.78 is 13.2. The molecule has 0 atom stereocenters. The monoisotopic (exact) mass is 256 g/mol. The van der Waals surface area contributed by atoms with Gasteiger partial charge in [0, 0.05) is 11.6 Å². The molecule has 1 aromatic carbocycles. The number of azo groups is 1. The van der Waals surface area contributed by atoms with Gasteiger partial charge in [0.2, 0.25) is 5.88 Å². The number of aromatic hydroxyl groups is 1. The van der Waals surface area contributed by atoms with Gasteiger partial charge in [0.05, 0.1) is 5.52 Å². The zero-order valence-corrected chi connectivity index (χ0v) is 9.71. The van der Waals surface area contributed by atoms with E-state index in [4.69, 9.17) is 0 Å². The molecule has 2 aromatic heterocycles. The van der Waals surface area contributed by atoms with Gasteiger partial charge >= 0.3 is 0 Å². The van der Waals surface area contributed by atoms with Crippen molar-refractivity contribution in [1.29, 1.82) is 0 Å². The lowest BCUT2D eigenvalue weighted by Crippen LogP contribution is -1.72. The Kier molecular flexibility index (Phi) is 2.68. The van der Waals surface area contributed by atoms with Gasteiger partial charge in [-0.05, 0) is 30.3 Å². The van der Waals surface area contributed by atoms with Crippen molar-refractivity contribution in [2.75, 3.05) is 0 Å². The Balaban J connectivity index is 2.07. The quantitative estimate of drug-likeness (QED) is 0.684. The molecule has 94 valence electrons. The van der Waals surface area contributed by atoms with E-state index < -0.39 is 5.82 Å². The fraction of sp³-hybridized carbons (Fsp3) is 0. The summed E-state index contributed by atoms with van der Waals surface area (Å²) in [5.74, 6) is -0.145. The summed E-state index contributed by atoms with van der Waals surface area (Å²) >= 11 is 0. The second-order valence-corrected chi connectivity index (χ2v) is 3.90. The van der Waals surface area contributed by atoms with Crippen LogP contribution >= 0.6 is 0 Å². The van der Waals surface area contributed by atoms with Crippen LogP contribution in [0.2, 0.25) is 0 Å². The average Bonchev–Trinajstić information content (AvgIpc) is 2.73. The smallest absolute Gasteiger partial charge is 0.218 e. The molecule has 2 N–H and O–H groups in total. The van der Waals surface area contributed by atoms with E-state index in [1.54, 1.807) is 24.4 Å². The lowest BCUT2D eigenvalue weighted by molar-refractivity contribution is 0.459. The van der Waals surface area contributed by atoms with E-state index in [0.29, 0.717) is 16.7 Å². The Morgan fingerprint density at radius 3 is 2.84 bits per heavy atom. The summed E-state index contributed by atoms with van der Waals surface area (Å²) in [6.07, 6.45) is 1.59. The molecule has 0 aliphatic heterocycles. The molecule has 0 spiro atoms. The Morgan fingerprint density at radius 2 is 2.05 bits per heavy atom. The van der Waals surface area contributed by atoms with Crippen LogP contribution in [0.25, 0.3) is 10.9 Å². The molecular formula is C13H9FN4O. The zero-order valence-electron chi connectivity index (χ0n) is 9.71. The zero-order chi connectivity index (χ0) is 13.2. The van der Waals surface area contributed by atoms with Gasteiger partial charge in [-0.15, -0.1) is 10.2 Å². The summed E-state index contributed by atoms with van der Waals surface area (Å²) in [4.78, 5) is 6.68. The molecule has 0 aliphatic rings. The Morgan fingerprint density at radius 1 is 1.16 bits per heavy atom. The normalized spacial score (nSPS) is 11.4. The van der Waals surface area contributed by atoms with Crippen molar-refractivity contribution in [3.05, 3.63) is 48.4 Å². The molecule has 0 unspecified atom stereocenters. The maximum atomic E-state index is 13.2. The van der Waals surface area contributed by atoms with E-state index in [9.17, 15) is 9.50 Å². The van der Waals surface area contributed by atoms with Gasteiger partial charge in [0.25, 0.3) is 0 Å². The number of nitrogens with zero attached hydrogens (tertiary/aromatic N) is 3. The number of aromatic amines is 1. The standard InChI is InChI=1S/C13H9FN4O/c14-8-4-5-10-9(7-8)12(13(19)16-10)18-17-11-3-1-2-6-15-11/h1-7,16,19H. The Hall–Kier alpha value is -2.76. The number of H-pyrrole nitrogens is 1. The number of fused-ring (bicyclic) bond motifs is 1. The SMILES string of the molecule is Oc1[nH]c2ccc(F)cc2c1N=Nc1ccccn1. The van der Waals surface area contributed by atoms with Gasteiger partial charge in [-0.3, -0.25) is 0 Å². The largest absolute Gasteiger partial charge is 0.493 e. The van der Waals surface area contributed by atoms with Crippen LogP contribution in [0.3, 0.4) is 0 Å². The number of rotatable bonds is 2. The summed E-state index contributed by atoms with van der Waals surface area (Å²) in [5.41, 5.74) is 0.786. The topological polar surface area (TPSA) is 73.6 Å². The third-order valence-electron chi connectivity index (χ3n) is 2.62. The molecule has 0 fully saturated rings. The summed E-state index contributed by atoms with van der Waals surface area (Å²) in [6, 6.07) is 9.34. The van der Waals surface area contributed by atoms with Crippen LogP contribution in [-0.4, -0.2) is 15.1 Å². The minimum Gasteiger partial charge on any atom is -0.493 e. The van der Waals surface area contributed by atoms with Crippen LogP contribution in [0.5, 0.6) is 5.88 Å². The van der Waals surface area contributed by atoms with E-state index in [1.165, 1.54) is 18.2 Å². The number of hydrogen-bond acceptors (Lipinski definition) is 4. The Bertz CT molecular complexity index is 752. The van der Waals surface area contributed by atoms with Crippen molar-refractivity contribution < 1.29 is 9.50 Å². The minimum absolute atomic E-state index is 0.153. The van der Waals surface area contributed by atoms with E-state index in [0.717, 1.165) is 0 Å². The van der Waals surface area contributed by atoms with Gasteiger partial charge in [-0.1, -0.05) is 6.07 Å². The van der Waals surface area contributed by atoms with Gasteiger partial charge < -0.3 is 10.1 Å². The predicted octanol–water partition coefficient (Wildman–Crippen LogP) is 3.82. The molecule has 3 rings (SSSR count). The highest BCUT2D eigenvalue weighted by Crippen LogP contribution is 2.36. The summed E-state index contributed by atoms with van der Waals surface area (Å²) in [7, 11) is 0. The van der Waals surface area contributed by atoms with Crippen molar-refractivity contribution in [3.63, 3.8) is 0 Å². The molecule has 0 bridgehead atoms. The van der Waals surface area contributed by atoms with Crippen molar-refractivity contribution in [3.8, 4) is 5.88 Å². The molecule has 2 heterocycles. The molecule has 0 saturated carbocycles. The molecule has 3 aromatic rings. The fourth-order valence-corrected chi connectivity index (χ4v) is 1.75. The van der Waals surface area contributed by atoms with Crippen molar-refractivity contribution >= 4 is 22.4 Å². The first-order chi connectivity index (χ1) is 9.24. The first kappa shape index (κ1) is 11.3. The molecule has 5 nitrogen and oxygen atoms in total. The van der Waals surface area contributed by atoms with Gasteiger partial charge in [0.15, 0.2) is 11.5 Å². The van der Waals surface area contributed by atoms with Crippen LogP contribution in [0.1, 0.15) is 0 Å². The molecule has 0 amide bonds. The van der Waals surface area contributed by atoms with Crippen molar-refractivity contribution in [1.82, 2.24) is 9.97 Å². The van der Waals surface area contributed by atoms with Crippen LogP contribution in [-0.2, 0) is 0 Å². The van der Waals surface area contributed by atoms with Gasteiger partial charge in [0.1, 0.15) is 5.82 Å². The molecule has 0 aliphatic carbocycles. The molecule has 6 heteroatoms. The number of halogens is 1. The summed E-state index contributed by atoms with van der Waals surface area (Å²) in [5, 5.41) is 18.0. The fourth-order valence-electron chi connectivity index (χ4n) is 1.75. The van der Waals surface area contributed by atoms with Crippen molar-refractivity contribution in [2.45, 2.75) is 0 Å². The second kappa shape index (κ2) is 4.49. The number of hydrogen-bond donors (Lipinski definition) is 2. The first-order valence-corrected chi connectivity index (χ1v) is 5.57. The van der Waals surface area contributed by atoms with Gasteiger partial charge in [-0.25, -0.2) is 9.37 Å². The number of nitrogens with one attached hydrogen (secondary N) is 1. The highest BCUT2D eigenvalue weighted by atomic mass is 19.1. The highest BCUT2D eigenvalue weighted by molar-refractivity contribution is 5.94. The van der Waals surface area contributed by atoms with Crippen LogP contribution < -0.4 is 0 Å². The molecule has 0 saturated heterocycles. The molecular weight excluding hydrogens is 247 g/mol. The van der Waals surface area contributed by atoms with E-state index >= 15 is 0 Å². The lowest BCUT2D eigenvalue weighted by atomic mass is 10.2. The maximum Gasteiger partial charge on any atom is 0.218 e. The van der Waals surface area contributed by atoms with Crippen LogP contribution in [0.15, 0.2) is 52.8 Å². The average molecular weight is 256 g/mol. The molecule has 19 heavy (non-hydrogen) atoms. The first-order valence-electron chi connectivity index (χ1n) is 5.57. The maximum absolute atomic E-state index is 13.2. The van der Waals surface area contributed by atoms with E-state index in [1.807, 2.05) is 0 Å². The molecule has 0 radical (unpaired) electrons. The number of aromatic nitrogens is 2.